The summed E-state index contributed by atoms with van der Waals surface area (Å²) < 4.78 is 10.2. The minimum absolute atomic E-state index is 0.196. The van der Waals surface area contributed by atoms with Crippen LogP contribution in [-0.4, -0.2) is 74.8 Å². The van der Waals surface area contributed by atoms with E-state index >= 15 is 0 Å². The van der Waals surface area contributed by atoms with E-state index in [9.17, 15) is 24.3 Å². The Morgan fingerprint density at radius 3 is 2.35 bits per heavy atom. The van der Waals surface area contributed by atoms with Crippen LogP contribution in [0.25, 0.3) is 0 Å². The topological polar surface area (TPSA) is 122 Å². The number of esters is 1. The van der Waals surface area contributed by atoms with Crippen molar-refractivity contribution in [2.45, 2.75) is 55.0 Å². The van der Waals surface area contributed by atoms with Crippen LogP contribution in [0.15, 0.2) is 24.3 Å². The molecule has 0 radical (unpaired) electrons. The number of carboxylic acid groups (broad SMARTS) is 1. The lowest BCUT2D eigenvalue weighted by Crippen LogP contribution is -2.57. The van der Waals surface area contributed by atoms with Gasteiger partial charge in [0, 0.05) is 6.61 Å². The molecule has 2 N–H and O–H groups in total. The lowest BCUT2D eigenvalue weighted by Gasteiger charge is -2.32. The highest BCUT2D eigenvalue weighted by molar-refractivity contribution is 8.01. The molecular formula is C21H24N2O7S. The molecule has 0 aromatic heterocycles. The van der Waals surface area contributed by atoms with E-state index < -0.39 is 51.6 Å². The largest absolute Gasteiger partial charge is 0.480 e. The van der Waals surface area contributed by atoms with Crippen LogP contribution in [0.3, 0.4) is 0 Å². The lowest BCUT2D eigenvalue weighted by atomic mass is 9.98. The highest BCUT2D eigenvalue weighted by Gasteiger charge is 2.59. The van der Waals surface area contributed by atoms with Gasteiger partial charge in [-0.2, -0.15) is 0 Å². The van der Waals surface area contributed by atoms with E-state index in [1.807, 2.05) is 0 Å². The average Bonchev–Trinajstić information content (AvgIpc) is 3.36. The molecule has 2 amide bonds. The summed E-state index contributed by atoms with van der Waals surface area (Å²) in [7, 11) is 0. The van der Waals surface area contributed by atoms with E-state index in [-0.39, 0.29) is 17.7 Å². The number of aliphatic carboxylic acids is 1. The summed E-state index contributed by atoms with van der Waals surface area (Å²) in [6.07, 6.45) is 0.474. The third kappa shape index (κ3) is 3.72. The second kappa shape index (κ2) is 7.61. The number of hydrogen-bond acceptors (Lipinski definition) is 8. The maximum Gasteiger partial charge on any atom is 0.332 e. The number of hydrogen-bond donors (Lipinski definition) is 2. The Balaban J connectivity index is 1.73. The van der Waals surface area contributed by atoms with E-state index in [4.69, 9.17) is 9.47 Å². The van der Waals surface area contributed by atoms with Crippen LogP contribution in [-0.2, 0) is 19.1 Å². The minimum Gasteiger partial charge on any atom is -0.480 e. The first kappa shape index (κ1) is 21.8. The molecule has 0 aliphatic carbocycles. The molecule has 3 aliphatic heterocycles. The quantitative estimate of drug-likeness (QED) is 0.518. The molecule has 2 fully saturated rings. The molecule has 9 nitrogen and oxygen atoms in total. The molecule has 31 heavy (non-hydrogen) atoms. The zero-order valence-electron chi connectivity index (χ0n) is 17.4. The number of fused-ring (bicyclic) bond motifs is 1. The fraction of sp³-hybridized carbons (Fsp3) is 0.524. The van der Waals surface area contributed by atoms with E-state index in [2.05, 4.69) is 5.32 Å². The normalized spacial score (nSPS) is 28.8. The SMILES string of the molecule is CC(C)(C)OC(=O)C(C1NC(C(=O)O)C2(CCOC2)S1)N1C(=O)c2ccccc2C1=O. The summed E-state index contributed by atoms with van der Waals surface area (Å²) in [4.78, 5) is 52.4. The first-order valence-corrected chi connectivity index (χ1v) is 10.9. The van der Waals surface area contributed by atoms with Gasteiger partial charge in [-0.1, -0.05) is 12.1 Å². The van der Waals surface area contributed by atoms with E-state index in [0.29, 0.717) is 13.0 Å². The van der Waals surface area contributed by atoms with Crippen molar-refractivity contribution in [3.05, 3.63) is 35.4 Å². The van der Waals surface area contributed by atoms with Crippen LogP contribution < -0.4 is 5.32 Å². The first-order chi connectivity index (χ1) is 14.5. The number of carboxylic acids is 1. The van der Waals surface area contributed by atoms with Gasteiger partial charge in [0.2, 0.25) is 0 Å². The Bertz CT molecular complexity index is 916. The number of nitrogens with one attached hydrogen (secondary N) is 1. The molecule has 0 saturated carbocycles. The zero-order chi connectivity index (χ0) is 22.6. The molecule has 166 valence electrons. The van der Waals surface area contributed by atoms with E-state index in [0.717, 1.165) is 4.90 Å². The van der Waals surface area contributed by atoms with Gasteiger partial charge in [0.15, 0.2) is 6.04 Å². The molecule has 4 atom stereocenters. The minimum atomic E-state index is -1.33. The first-order valence-electron chi connectivity index (χ1n) is 9.98. The number of ether oxygens (including phenoxy) is 2. The fourth-order valence-electron chi connectivity index (χ4n) is 4.19. The Morgan fingerprint density at radius 2 is 1.87 bits per heavy atom. The van der Waals surface area contributed by atoms with Crippen molar-refractivity contribution >= 4 is 35.5 Å². The van der Waals surface area contributed by atoms with Gasteiger partial charge in [0.25, 0.3) is 11.8 Å². The van der Waals surface area contributed by atoms with Crippen molar-refractivity contribution < 1.29 is 33.8 Å². The Hall–Kier alpha value is -2.43. The van der Waals surface area contributed by atoms with Gasteiger partial charge >= 0.3 is 11.9 Å². The average molecular weight is 448 g/mol. The molecule has 3 aliphatic rings. The monoisotopic (exact) mass is 448 g/mol. The Kier molecular flexibility index (Phi) is 5.35. The fourth-order valence-corrected chi connectivity index (χ4v) is 5.92. The number of nitrogens with zero attached hydrogens (tertiary/aromatic N) is 1. The van der Waals surface area contributed by atoms with E-state index in [1.54, 1.807) is 32.9 Å². The molecule has 3 heterocycles. The molecule has 0 bridgehead atoms. The molecule has 4 unspecified atom stereocenters. The summed E-state index contributed by atoms with van der Waals surface area (Å²) in [6.45, 7) is 5.65. The Morgan fingerprint density at radius 1 is 1.26 bits per heavy atom. The molecular weight excluding hydrogens is 424 g/mol. The van der Waals surface area contributed by atoms with Crippen molar-refractivity contribution in [2.24, 2.45) is 0 Å². The van der Waals surface area contributed by atoms with Crippen LogP contribution in [0.5, 0.6) is 0 Å². The van der Waals surface area contributed by atoms with Crippen LogP contribution in [0.1, 0.15) is 47.9 Å². The highest BCUT2D eigenvalue weighted by atomic mass is 32.2. The summed E-state index contributed by atoms with van der Waals surface area (Å²) >= 11 is 1.23. The van der Waals surface area contributed by atoms with Crippen molar-refractivity contribution in [1.82, 2.24) is 10.2 Å². The predicted molar refractivity (Wildman–Crippen MR) is 111 cm³/mol. The summed E-state index contributed by atoms with van der Waals surface area (Å²) in [5.74, 6) is -3.05. The number of imide groups is 1. The van der Waals surface area contributed by atoms with Crippen molar-refractivity contribution in [3.63, 3.8) is 0 Å². The number of rotatable bonds is 4. The van der Waals surface area contributed by atoms with Crippen molar-refractivity contribution in [3.8, 4) is 0 Å². The second-order valence-electron chi connectivity index (χ2n) is 8.85. The maximum absolute atomic E-state index is 13.3. The molecule has 1 aromatic carbocycles. The van der Waals surface area contributed by atoms with Crippen molar-refractivity contribution in [2.75, 3.05) is 13.2 Å². The predicted octanol–water partition coefficient (Wildman–Crippen LogP) is 1.27. The maximum atomic E-state index is 13.3. The van der Waals surface area contributed by atoms with Gasteiger partial charge < -0.3 is 14.6 Å². The van der Waals surface area contributed by atoms with Crippen molar-refractivity contribution in [1.29, 1.82) is 0 Å². The molecule has 4 rings (SSSR count). The highest BCUT2D eigenvalue weighted by Crippen LogP contribution is 2.47. The summed E-state index contributed by atoms with van der Waals surface area (Å²) in [5, 5.41) is 11.9. The Labute approximate surface area is 183 Å². The van der Waals surface area contributed by atoms with Crippen LogP contribution in [0.4, 0.5) is 0 Å². The van der Waals surface area contributed by atoms with Crippen LogP contribution in [0, 0.1) is 0 Å². The van der Waals surface area contributed by atoms with Gasteiger partial charge in [0.1, 0.15) is 11.6 Å². The van der Waals surface area contributed by atoms with Crippen LogP contribution in [0.2, 0.25) is 0 Å². The summed E-state index contributed by atoms with van der Waals surface area (Å²) in [6, 6.07) is 4.02. The number of amides is 2. The zero-order valence-corrected chi connectivity index (χ0v) is 18.2. The smallest absolute Gasteiger partial charge is 0.332 e. The van der Waals surface area contributed by atoms with Gasteiger partial charge in [-0.25, -0.2) is 4.79 Å². The van der Waals surface area contributed by atoms with Gasteiger partial charge in [-0.15, -0.1) is 11.8 Å². The number of benzene rings is 1. The third-order valence-electron chi connectivity index (χ3n) is 5.52. The van der Waals surface area contributed by atoms with Crippen LogP contribution >= 0.6 is 11.8 Å². The van der Waals surface area contributed by atoms with E-state index in [1.165, 1.54) is 23.9 Å². The third-order valence-corrected chi connectivity index (χ3v) is 7.20. The van der Waals surface area contributed by atoms with Gasteiger partial charge in [-0.3, -0.25) is 24.6 Å². The summed E-state index contributed by atoms with van der Waals surface area (Å²) in [5.41, 5.74) is -0.451. The standard InChI is InChI=1S/C21H24N2O7S/c1-20(2,3)30-19(28)13(23-16(24)11-6-4-5-7-12(11)17(23)25)15-22-14(18(26)27)21(31-15)8-9-29-10-21/h4-7,13-15,22H,8-10H2,1-3H3,(H,26,27). The molecule has 10 heteroatoms. The second-order valence-corrected chi connectivity index (χ2v) is 10.4. The number of carbonyl (C=O) groups excluding carboxylic acids is 3. The molecule has 2 saturated heterocycles. The van der Waals surface area contributed by atoms with Gasteiger partial charge in [-0.05, 0) is 39.3 Å². The van der Waals surface area contributed by atoms with Gasteiger partial charge in [0.05, 0.1) is 27.9 Å². The number of carbonyl (C=O) groups is 4. The lowest BCUT2D eigenvalue weighted by molar-refractivity contribution is -0.160. The molecule has 1 aromatic rings. The number of thioether (sulfide) groups is 1. The molecule has 1 spiro atoms.